The fraction of sp³-hybridized carbons (Fsp3) is 0.231. The van der Waals surface area contributed by atoms with Gasteiger partial charge in [-0.15, -0.1) is 0 Å². The SMILES string of the molecule is O=C1CCc2c1c(C(F)(F)F)nn2-c1ccc(F)c(F)c1. The van der Waals surface area contributed by atoms with Gasteiger partial charge in [0.25, 0.3) is 0 Å². The van der Waals surface area contributed by atoms with Crippen molar-refractivity contribution in [3.63, 3.8) is 0 Å². The first kappa shape index (κ1) is 13.7. The molecule has 0 N–H and O–H groups in total. The van der Waals surface area contributed by atoms with Gasteiger partial charge in [-0.25, -0.2) is 13.5 Å². The number of ketones is 1. The third-order valence-corrected chi connectivity index (χ3v) is 3.27. The number of benzene rings is 1. The molecular weight excluding hydrogens is 295 g/mol. The smallest absolute Gasteiger partial charge is 0.294 e. The highest BCUT2D eigenvalue weighted by Gasteiger charge is 2.43. The van der Waals surface area contributed by atoms with Crippen molar-refractivity contribution in [1.82, 2.24) is 9.78 Å². The van der Waals surface area contributed by atoms with E-state index in [0.717, 1.165) is 22.9 Å². The highest BCUT2D eigenvalue weighted by molar-refractivity contribution is 6.01. The summed E-state index contributed by atoms with van der Waals surface area (Å²) in [6, 6.07) is 2.64. The van der Waals surface area contributed by atoms with Crippen LogP contribution in [-0.4, -0.2) is 15.6 Å². The monoisotopic (exact) mass is 302 g/mol. The number of hydrogen-bond donors (Lipinski definition) is 0. The minimum Gasteiger partial charge on any atom is -0.294 e. The van der Waals surface area contributed by atoms with Crippen molar-refractivity contribution >= 4 is 5.78 Å². The predicted molar refractivity (Wildman–Crippen MR) is 61.1 cm³/mol. The lowest BCUT2D eigenvalue weighted by molar-refractivity contribution is -0.141. The first-order valence-corrected chi connectivity index (χ1v) is 5.96. The second kappa shape index (κ2) is 4.37. The van der Waals surface area contributed by atoms with E-state index >= 15 is 0 Å². The Kier molecular flexibility index (Phi) is 2.86. The molecule has 0 amide bonds. The summed E-state index contributed by atoms with van der Waals surface area (Å²) in [5.74, 6) is -2.96. The van der Waals surface area contributed by atoms with E-state index in [-0.39, 0.29) is 24.2 Å². The Morgan fingerprint density at radius 2 is 1.81 bits per heavy atom. The predicted octanol–water partition coefficient (Wildman–Crippen LogP) is 3.30. The lowest BCUT2D eigenvalue weighted by Gasteiger charge is -2.06. The standard InChI is InChI=1S/C13H7F5N2O/c14-7-2-1-6(5-8(7)15)20-9-3-4-10(21)11(9)12(19-20)13(16,17)18/h1-2,5H,3-4H2. The molecule has 0 fully saturated rings. The molecule has 21 heavy (non-hydrogen) atoms. The summed E-state index contributed by atoms with van der Waals surface area (Å²) in [5, 5.41) is 3.38. The highest BCUT2D eigenvalue weighted by atomic mass is 19.4. The number of halogens is 5. The fourth-order valence-electron chi connectivity index (χ4n) is 2.36. The zero-order valence-corrected chi connectivity index (χ0v) is 10.3. The molecular formula is C13H7F5N2O. The van der Waals surface area contributed by atoms with Gasteiger partial charge in [0.15, 0.2) is 23.1 Å². The van der Waals surface area contributed by atoms with Gasteiger partial charge in [0, 0.05) is 12.5 Å². The number of alkyl halides is 3. The van der Waals surface area contributed by atoms with E-state index < -0.39 is 34.9 Å². The minimum absolute atomic E-state index is 0.0556. The summed E-state index contributed by atoms with van der Waals surface area (Å²) in [4.78, 5) is 11.6. The van der Waals surface area contributed by atoms with Crippen LogP contribution in [0.5, 0.6) is 0 Å². The maximum Gasteiger partial charge on any atom is 0.435 e. The van der Waals surface area contributed by atoms with E-state index in [9.17, 15) is 26.7 Å². The molecule has 8 heteroatoms. The molecule has 0 atom stereocenters. The molecule has 1 aliphatic rings. The van der Waals surface area contributed by atoms with Crippen molar-refractivity contribution in [3.8, 4) is 5.69 Å². The van der Waals surface area contributed by atoms with Crippen molar-refractivity contribution < 1.29 is 26.7 Å². The van der Waals surface area contributed by atoms with Crippen molar-refractivity contribution in [2.24, 2.45) is 0 Å². The van der Waals surface area contributed by atoms with E-state index in [2.05, 4.69) is 5.10 Å². The summed E-state index contributed by atoms with van der Waals surface area (Å²) in [6.45, 7) is 0. The molecule has 2 aromatic rings. The fourth-order valence-corrected chi connectivity index (χ4v) is 2.36. The topological polar surface area (TPSA) is 34.9 Å². The summed E-state index contributed by atoms with van der Waals surface area (Å²) >= 11 is 0. The van der Waals surface area contributed by atoms with Gasteiger partial charge in [-0.05, 0) is 18.6 Å². The van der Waals surface area contributed by atoms with Crippen LogP contribution >= 0.6 is 0 Å². The van der Waals surface area contributed by atoms with Gasteiger partial charge in [0.1, 0.15) is 0 Å². The average Bonchev–Trinajstić information content (AvgIpc) is 2.94. The molecule has 0 unspecified atom stereocenters. The number of carbonyl (C=O) groups is 1. The molecule has 1 aromatic heterocycles. The summed E-state index contributed by atoms with van der Waals surface area (Å²) in [7, 11) is 0. The Hall–Kier alpha value is -2.25. The van der Waals surface area contributed by atoms with Gasteiger partial charge >= 0.3 is 6.18 Å². The minimum atomic E-state index is -4.78. The second-order valence-electron chi connectivity index (χ2n) is 4.60. The number of nitrogens with zero attached hydrogens (tertiary/aromatic N) is 2. The van der Waals surface area contributed by atoms with Crippen LogP contribution in [0.1, 0.15) is 28.2 Å². The molecule has 110 valence electrons. The number of fused-ring (bicyclic) bond motifs is 1. The maximum atomic E-state index is 13.2. The van der Waals surface area contributed by atoms with Crippen LogP contribution in [-0.2, 0) is 12.6 Å². The van der Waals surface area contributed by atoms with E-state index in [1.54, 1.807) is 0 Å². The molecule has 1 aromatic carbocycles. The van der Waals surface area contributed by atoms with Crippen LogP contribution in [0.15, 0.2) is 18.2 Å². The third-order valence-electron chi connectivity index (χ3n) is 3.27. The van der Waals surface area contributed by atoms with Gasteiger partial charge in [-0.2, -0.15) is 18.3 Å². The summed E-state index contributed by atoms with van der Waals surface area (Å²) in [6.07, 6.45) is -4.76. The quantitative estimate of drug-likeness (QED) is 0.758. The maximum absolute atomic E-state index is 13.2. The Labute approximate surface area is 115 Å². The molecule has 0 saturated carbocycles. The molecule has 1 heterocycles. The first-order valence-electron chi connectivity index (χ1n) is 5.96. The third kappa shape index (κ3) is 2.10. The normalized spacial score (nSPS) is 14.6. The number of hydrogen-bond acceptors (Lipinski definition) is 2. The van der Waals surface area contributed by atoms with Crippen LogP contribution in [0.2, 0.25) is 0 Å². The largest absolute Gasteiger partial charge is 0.435 e. The molecule has 3 nitrogen and oxygen atoms in total. The molecule has 0 aliphatic heterocycles. The average molecular weight is 302 g/mol. The van der Waals surface area contributed by atoms with Crippen molar-refractivity contribution in [1.29, 1.82) is 0 Å². The van der Waals surface area contributed by atoms with Crippen molar-refractivity contribution in [2.75, 3.05) is 0 Å². The Morgan fingerprint density at radius 1 is 1.10 bits per heavy atom. The van der Waals surface area contributed by atoms with Gasteiger partial charge in [0.2, 0.25) is 0 Å². The molecule has 1 aliphatic carbocycles. The van der Waals surface area contributed by atoms with E-state index in [0.29, 0.717) is 0 Å². The summed E-state index contributed by atoms with van der Waals surface area (Å²) in [5.41, 5.74) is -1.76. The van der Waals surface area contributed by atoms with Crippen molar-refractivity contribution in [2.45, 2.75) is 19.0 Å². The molecule has 0 radical (unpaired) electrons. The summed E-state index contributed by atoms with van der Waals surface area (Å²) < 4.78 is 65.8. The van der Waals surface area contributed by atoms with Gasteiger partial charge < -0.3 is 0 Å². The lowest BCUT2D eigenvalue weighted by atomic mass is 10.2. The van der Waals surface area contributed by atoms with Crippen LogP contribution < -0.4 is 0 Å². The van der Waals surface area contributed by atoms with Crippen LogP contribution in [0.4, 0.5) is 22.0 Å². The Balaban J connectivity index is 2.23. The van der Waals surface area contributed by atoms with E-state index in [1.165, 1.54) is 0 Å². The second-order valence-corrected chi connectivity index (χ2v) is 4.60. The van der Waals surface area contributed by atoms with Gasteiger partial charge in [0.05, 0.1) is 16.9 Å². The highest BCUT2D eigenvalue weighted by Crippen LogP contribution is 2.37. The molecule has 0 spiro atoms. The zero-order valence-electron chi connectivity index (χ0n) is 10.3. The molecule has 3 rings (SSSR count). The van der Waals surface area contributed by atoms with Crippen molar-refractivity contribution in [3.05, 3.63) is 46.8 Å². The molecule has 0 saturated heterocycles. The Morgan fingerprint density at radius 3 is 2.43 bits per heavy atom. The van der Waals surface area contributed by atoms with Gasteiger partial charge in [-0.1, -0.05) is 0 Å². The number of aromatic nitrogens is 2. The van der Waals surface area contributed by atoms with Gasteiger partial charge in [-0.3, -0.25) is 4.79 Å². The zero-order chi connectivity index (χ0) is 15.4. The van der Waals surface area contributed by atoms with Crippen LogP contribution in [0.25, 0.3) is 5.69 Å². The lowest BCUT2D eigenvalue weighted by Crippen LogP contribution is -2.12. The first-order chi connectivity index (χ1) is 9.79. The molecule has 0 bridgehead atoms. The number of carbonyl (C=O) groups excluding carboxylic acids is 1. The van der Waals surface area contributed by atoms with E-state index in [1.807, 2.05) is 0 Å². The van der Waals surface area contributed by atoms with Crippen LogP contribution in [0, 0.1) is 11.6 Å². The van der Waals surface area contributed by atoms with E-state index in [4.69, 9.17) is 0 Å². The van der Waals surface area contributed by atoms with Crippen LogP contribution in [0.3, 0.4) is 0 Å². The number of rotatable bonds is 1. The number of Topliss-reactive ketones (excluding diaryl/α,β-unsaturated/α-hetero) is 1. The Bertz CT molecular complexity index is 748.